The molecule has 0 radical (unpaired) electrons. The second-order valence-corrected chi connectivity index (χ2v) is 5.21. The van der Waals surface area contributed by atoms with Gasteiger partial charge in [-0.25, -0.2) is 4.39 Å². The predicted molar refractivity (Wildman–Crippen MR) is 84.9 cm³/mol. The number of nitrogens with zero attached hydrogens (tertiary/aromatic N) is 3. The minimum Gasteiger partial charge on any atom is -0.484 e. The third kappa shape index (κ3) is 3.85. The van der Waals surface area contributed by atoms with Crippen molar-refractivity contribution in [3.8, 4) is 5.75 Å². The lowest BCUT2D eigenvalue weighted by atomic mass is 10.3. The molecule has 0 saturated carbocycles. The first-order valence-electron chi connectivity index (χ1n) is 6.45. The maximum Gasteiger partial charge on any atom is 0.216 e. The Balaban J connectivity index is 1.64. The van der Waals surface area contributed by atoms with E-state index in [0.29, 0.717) is 22.0 Å². The number of ether oxygens (including phenoxy) is 1. The van der Waals surface area contributed by atoms with Crippen LogP contribution in [0.2, 0.25) is 5.02 Å². The molecule has 0 bridgehead atoms. The van der Waals surface area contributed by atoms with Crippen LogP contribution in [-0.2, 0) is 6.61 Å². The zero-order chi connectivity index (χ0) is 16.2. The van der Waals surface area contributed by atoms with Crippen LogP contribution in [0.3, 0.4) is 0 Å². The number of aromatic amines is 1. The zero-order valence-corrected chi connectivity index (χ0v) is 13.1. The van der Waals surface area contributed by atoms with Gasteiger partial charge in [0.2, 0.25) is 4.77 Å². The van der Waals surface area contributed by atoms with Crippen molar-refractivity contribution in [3.63, 3.8) is 0 Å². The van der Waals surface area contributed by atoms with E-state index in [-0.39, 0.29) is 11.6 Å². The summed E-state index contributed by atoms with van der Waals surface area (Å²) in [5.74, 6) is 1.06. The summed E-state index contributed by atoms with van der Waals surface area (Å²) in [6, 6.07) is 7.40. The molecule has 118 valence electrons. The van der Waals surface area contributed by atoms with Gasteiger partial charge < -0.3 is 9.15 Å². The van der Waals surface area contributed by atoms with Gasteiger partial charge in [-0.1, -0.05) is 11.6 Å². The molecule has 0 aliphatic heterocycles. The summed E-state index contributed by atoms with van der Waals surface area (Å²) >= 11 is 10.8. The van der Waals surface area contributed by atoms with E-state index in [1.165, 1.54) is 35.4 Å². The van der Waals surface area contributed by atoms with Crippen LogP contribution in [0.1, 0.15) is 11.5 Å². The first-order valence-corrected chi connectivity index (χ1v) is 7.23. The summed E-state index contributed by atoms with van der Waals surface area (Å²) in [5.41, 5.74) is 0. The Bertz CT molecular complexity index is 902. The zero-order valence-electron chi connectivity index (χ0n) is 11.6. The molecule has 0 spiro atoms. The Morgan fingerprint density at radius 2 is 2.30 bits per heavy atom. The average molecular weight is 353 g/mol. The second kappa shape index (κ2) is 6.76. The maximum absolute atomic E-state index is 13.0. The highest BCUT2D eigenvalue weighted by molar-refractivity contribution is 7.71. The van der Waals surface area contributed by atoms with E-state index < -0.39 is 5.82 Å². The van der Waals surface area contributed by atoms with E-state index >= 15 is 0 Å². The molecule has 1 N–H and O–H groups in total. The van der Waals surface area contributed by atoms with Crippen molar-refractivity contribution < 1.29 is 13.5 Å². The molecule has 0 aliphatic rings. The second-order valence-electron chi connectivity index (χ2n) is 4.42. The van der Waals surface area contributed by atoms with E-state index in [9.17, 15) is 4.39 Å². The van der Waals surface area contributed by atoms with E-state index in [1.807, 2.05) is 0 Å². The van der Waals surface area contributed by atoms with Crippen LogP contribution in [0.25, 0.3) is 0 Å². The highest BCUT2D eigenvalue weighted by Gasteiger charge is 2.06. The Labute approximate surface area is 140 Å². The lowest BCUT2D eigenvalue weighted by Gasteiger charge is -2.05. The highest BCUT2D eigenvalue weighted by atomic mass is 35.5. The molecule has 0 atom stereocenters. The van der Waals surface area contributed by atoms with Crippen molar-refractivity contribution in [2.45, 2.75) is 6.61 Å². The largest absolute Gasteiger partial charge is 0.484 e. The normalized spacial score (nSPS) is 11.2. The molecule has 0 amide bonds. The van der Waals surface area contributed by atoms with Gasteiger partial charge in [-0.3, -0.25) is 5.10 Å². The number of nitrogens with one attached hydrogen (secondary N) is 1. The fraction of sp³-hybridized carbons (Fsp3) is 0.0714. The predicted octanol–water partition coefficient (Wildman–Crippen LogP) is 3.79. The topological polar surface area (TPSA) is 68.3 Å². The van der Waals surface area contributed by atoms with Gasteiger partial charge in [0, 0.05) is 0 Å². The quantitative estimate of drug-likeness (QED) is 0.560. The molecular formula is C14H10ClFN4O2S. The molecule has 6 nitrogen and oxygen atoms in total. The number of hydrogen-bond acceptors (Lipinski definition) is 5. The Morgan fingerprint density at radius 1 is 1.43 bits per heavy atom. The lowest BCUT2D eigenvalue weighted by Crippen LogP contribution is -1.94. The third-order valence-electron chi connectivity index (χ3n) is 2.79. The molecular weight excluding hydrogens is 343 g/mol. The fourth-order valence-electron chi connectivity index (χ4n) is 1.73. The first kappa shape index (κ1) is 15.4. The molecule has 0 saturated heterocycles. The van der Waals surface area contributed by atoms with Gasteiger partial charge in [-0.15, -0.1) is 0 Å². The van der Waals surface area contributed by atoms with Gasteiger partial charge in [0.25, 0.3) is 0 Å². The molecule has 0 fully saturated rings. The van der Waals surface area contributed by atoms with Crippen LogP contribution in [-0.4, -0.2) is 21.1 Å². The highest BCUT2D eigenvalue weighted by Crippen LogP contribution is 2.25. The fourth-order valence-corrected chi connectivity index (χ4v) is 2.10. The van der Waals surface area contributed by atoms with Crippen LogP contribution in [0, 0.1) is 10.6 Å². The summed E-state index contributed by atoms with van der Waals surface area (Å²) in [6.45, 7) is 0.157. The number of H-pyrrole nitrogens is 1. The van der Waals surface area contributed by atoms with E-state index in [1.54, 1.807) is 12.1 Å². The van der Waals surface area contributed by atoms with Gasteiger partial charge in [0.15, 0.2) is 0 Å². The molecule has 0 unspecified atom stereocenters. The van der Waals surface area contributed by atoms with Gasteiger partial charge in [0.05, 0.1) is 11.2 Å². The van der Waals surface area contributed by atoms with Gasteiger partial charge >= 0.3 is 0 Å². The van der Waals surface area contributed by atoms with Crippen molar-refractivity contribution in [2.75, 3.05) is 0 Å². The summed E-state index contributed by atoms with van der Waals surface area (Å²) in [7, 11) is 0. The molecule has 3 rings (SSSR count). The Morgan fingerprint density at radius 3 is 3.04 bits per heavy atom. The maximum atomic E-state index is 13.0. The first-order chi connectivity index (χ1) is 11.1. The number of hydrogen-bond donors (Lipinski definition) is 1. The van der Waals surface area contributed by atoms with E-state index in [4.69, 9.17) is 33.0 Å². The number of rotatable bonds is 5. The standard InChI is InChI=1S/C14H10ClFN4O2S/c15-12-5-9(16)1-4-13(12)21-7-11-3-2-10(22-11)6-18-20-8-17-19-14(20)23/h1-6,8H,7H2,(H,19,23)/b18-6-. The number of benzene rings is 1. The van der Waals surface area contributed by atoms with Crippen molar-refractivity contribution in [3.05, 3.63) is 63.8 Å². The molecule has 2 aromatic heterocycles. The molecule has 2 heterocycles. The van der Waals surface area contributed by atoms with Crippen LogP contribution < -0.4 is 4.74 Å². The Hall–Kier alpha value is -2.45. The van der Waals surface area contributed by atoms with Gasteiger partial charge in [-0.05, 0) is 42.5 Å². The van der Waals surface area contributed by atoms with Gasteiger partial charge in [0.1, 0.15) is 36.0 Å². The molecule has 0 aliphatic carbocycles. The SMILES string of the molecule is Fc1ccc(OCc2ccc(/C=N\n3cn[nH]c3=S)o2)c(Cl)c1. The van der Waals surface area contributed by atoms with Crippen LogP contribution in [0.5, 0.6) is 5.75 Å². The molecule has 23 heavy (non-hydrogen) atoms. The lowest BCUT2D eigenvalue weighted by molar-refractivity contribution is 0.269. The van der Waals surface area contributed by atoms with Crippen molar-refractivity contribution >= 4 is 30.0 Å². The average Bonchev–Trinajstić information content (AvgIpc) is 3.13. The summed E-state index contributed by atoms with van der Waals surface area (Å²) in [4.78, 5) is 0. The van der Waals surface area contributed by atoms with Gasteiger partial charge in [-0.2, -0.15) is 14.9 Å². The molecule has 9 heteroatoms. The third-order valence-corrected chi connectivity index (χ3v) is 3.36. The summed E-state index contributed by atoms with van der Waals surface area (Å²) in [5, 5.41) is 10.6. The molecule has 1 aromatic carbocycles. The minimum atomic E-state index is -0.420. The number of furan rings is 1. The van der Waals surface area contributed by atoms with Crippen molar-refractivity contribution in [2.24, 2.45) is 5.10 Å². The number of aromatic nitrogens is 3. The number of halogens is 2. The van der Waals surface area contributed by atoms with Crippen molar-refractivity contribution in [1.29, 1.82) is 0 Å². The van der Waals surface area contributed by atoms with Crippen LogP contribution in [0.4, 0.5) is 4.39 Å². The summed E-state index contributed by atoms with van der Waals surface area (Å²) < 4.78 is 25.8. The van der Waals surface area contributed by atoms with E-state index in [2.05, 4.69) is 15.3 Å². The van der Waals surface area contributed by atoms with Crippen LogP contribution >= 0.6 is 23.8 Å². The van der Waals surface area contributed by atoms with Crippen LogP contribution in [0.15, 0.2) is 46.2 Å². The molecule has 3 aromatic rings. The Kier molecular flexibility index (Phi) is 4.54. The summed E-state index contributed by atoms with van der Waals surface area (Å²) in [6.07, 6.45) is 2.95. The smallest absolute Gasteiger partial charge is 0.216 e. The minimum absolute atomic E-state index is 0.157. The van der Waals surface area contributed by atoms with E-state index in [0.717, 1.165) is 0 Å². The van der Waals surface area contributed by atoms with Crippen molar-refractivity contribution in [1.82, 2.24) is 14.9 Å². The monoisotopic (exact) mass is 352 g/mol.